The molecule has 1 atom stereocenters. The fraction of sp³-hybridized carbons (Fsp3) is 0.312. The minimum Gasteiger partial charge on any atom is -0.245 e. The molecule has 96 valence electrons. The number of hydrogen-bond acceptors (Lipinski definition) is 3. The van der Waals surface area contributed by atoms with E-state index in [-0.39, 0.29) is 5.92 Å². The Hall–Kier alpha value is -2.21. The summed E-state index contributed by atoms with van der Waals surface area (Å²) in [6, 6.07) is 12.3. The summed E-state index contributed by atoms with van der Waals surface area (Å²) in [4.78, 5) is 8.05. The second-order valence-corrected chi connectivity index (χ2v) is 5.04. The Morgan fingerprint density at radius 3 is 2.42 bits per heavy atom. The molecule has 0 aliphatic carbocycles. The van der Waals surface area contributed by atoms with Crippen LogP contribution in [0.25, 0.3) is 0 Å². The summed E-state index contributed by atoms with van der Waals surface area (Å²) in [5, 5.41) is 9.34. The maximum atomic E-state index is 9.34. The molecule has 0 radical (unpaired) electrons. The summed E-state index contributed by atoms with van der Waals surface area (Å²) < 4.78 is 0. The molecule has 2 aromatic rings. The molecule has 0 aliphatic rings. The molecule has 1 heterocycles. The van der Waals surface area contributed by atoms with E-state index in [1.54, 1.807) is 12.3 Å². The fourth-order valence-corrected chi connectivity index (χ4v) is 2.10. The van der Waals surface area contributed by atoms with Gasteiger partial charge >= 0.3 is 0 Å². The molecule has 0 amide bonds. The maximum Gasteiger partial charge on any atom is 0.115 e. The van der Waals surface area contributed by atoms with Crippen molar-refractivity contribution in [1.29, 1.82) is 5.26 Å². The molecule has 19 heavy (non-hydrogen) atoms. The van der Waals surface area contributed by atoms with Gasteiger partial charge < -0.3 is 0 Å². The number of aromatic nitrogens is 2. The molecule has 0 aliphatic heterocycles. The normalized spacial score (nSPS) is 12.1. The molecule has 0 bridgehead atoms. The van der Waals surface area contributed by atoms with Crippen LogP contribution in [-0.2, 0) is 6.42 Å². The van der Waals surface area contributed by atoms with E-state index in [4.69, 9.17) is 0 Å². The lowest BCUT2D eigenvalue weighted by molar-refractivity contribution is 0.647. The molecule has 1 aromatic heterocycles. The molecule has 0 spiro atoms. The van der Waals surface area contributed by atoms with Crippen molar-refractivity contribution in [2.75, 3.05) is 0 Å². The molecule has 0 N–H and O–H groups in total. The lowest BCUT2D eigenvalue weighted by atomic mass is 9.94. The Kier molecular flexibility index (Phi) is 4.25. The smallest absolute Gasteiger partial charge is 0.115 e. The van der Waals surface area contributed by atoms with Crippen LogP contribution in [-0.4, -0.2) is 9.97 Å². The first-order chi connectivity index (χ1) is 9.20. The Morgan fingerprint density at radius 1 is 1.16 bits per heavy atom. The summed E-state index contributed by atoms with van der Waals surface area (Å²) in [6.45, 7) is 4.40. The summed E-state index contributed by atoms with van der Waals surface area (Å²) in [5.74, 6) is 0.315. The van der Waals surface area contributed by atoms with Crippen LogP contribution >= 0.6 is 0 Å². The zero-order valence-electron chi connectivity index (χ0n) is 11.2. The number of nitriles is 1. The monoisotopic (exact) mass is 251 g/mol. The van der Waals surface area contributed by atoms with Crippen LogP contribution in [0, 0.1) is 17.2 Å². The van der Waals surface area contributed by atoms with Gasteiger partial charge in [-0.2, -0.15) is 5.26 Å². The highest BCUT2D eigenvalue weighted by Crippen LogP contribution is 2.22. The quantitative estimate of drug-likeness (QED) is 0.837. The van der Waals surface area contributed by atoms with Gasteiger partial charge in [-0.15, -0.1) is 0 Å². The number of hydrogen-bond donors (Lipinski definition) is 0. The first-order valence-electron chi connectivity index (χ1n) is 6.45. The van der Waals surface area contributed by atoms with Gasteiger partial charge in [-0.3, -0.25) is 0 Å². The van der Waals surface area contributed by atoms with Crippen LogP contribution in [0.5, 0.6) is 0 Å². The second-order valence-electron chi connectivity index (χ2n) is 5.04. The molecule has 3 nitrogen and oxygen atoms in total. The average Bonchev–Trinajstić information content (AvgIpc) is 2.42. The van der Waals surface area contributed by atoms with Gasteiger partial charge in [0.1, 0.15) is 12.2 Å². The third-order valence-corrected chi connectivity index (χ3v) is 2.99. The predicted molar refractivity (Wildman–Crippen MR) is 74.5 cm³/mol. The number of nitrogens with zero attached hydrogens (tertiary/aromatic N) is 3. The summed E-state index contributed by atoms with van der Waals surface area (Å²) in [6.07, 6.45) is 4.21. The van der Waals surface area contributed by atoms with E-state index in [9.17, 15) is 5.26 Å². The van der Waals surface area contributed by atoms with E-state index < -0.39 is 0 Å². The van der Waals surface area contributed by atoms with Crippen LogP contribution in [0.3, 0.4) is 0 Å². The summed E-state index contributed by atoms with van der Waals surface area (Å²) >= 11 is 0. The van der Waals surface area contributed by atoms with Crippen molar-refractivity contribution in [1.82, 2.24) is 9.97 Å². The molecule has 0 saturated carbocycles. The van der Waals surface area contributed by atoms with Crippen molar-refractivity contribution < 1.29 is 0 Å². The third kappa shape index (κ3) is 3.38. The third-order valence-electron chi connectivity index (χ3n) is 2.99. The van der Waals surface area contributed by atoms with Crippen LogP contribution < -0.4 is 0 Å². The SMILES string of the molecule is CC(C)Cc1ccc(C(C#N)c2ccncn2)cc1. The van der Waals surface area contributed by atoms with Gasteiger partial charge in [0.2, 0.25) is 0 Å². The van der Waals surface area contributed by atoms with Crippen LogP contribution in [0.2, 0.25) is 0 Å². The fourth-order valence-electron chi connectivity index (χ4n) is 2.10. The Bertz CT molecular complexity index is 553. The molecular weight excluding hydrogens is 234 g/mol. The van der Waals surface area contributed by atoms with Gasteiger partial charge in [0.25, 0.3) is 0 Å². The highest BCUT2D eigenvalue weighted by atomic mass is 14.8. The maximum absolute atomic E-state index is 9.34. The topological polar surface area (TPSA) is 49.6 Å². The van der Waals surface area contributed by atoms with Crippen LogP contribution in [0.4, 0.5) is 0 Å². The molecule has 1 unspecified atom stereocenters. The molecule has 0 saturated heterocycles. The van der Waals surface area contributed by atoms with E-state index in [1.807, 2.05) is 12.1 Å². The van der Waals surface area contributed by atoms with E-state index >= 15 is 0 Å². The zero-order valence-corrected chi connectivity index (χ0v) is 11.2. The van der Waals surface area contributed by atoms with Crippen molar-refractivity contribution in [3.8, 4) is 6.07 Å². The predicted octanol–water partition coefficient (Wildman–Crippen LogP) is 3.33. The van der Waals surface area contributed by atoms with E-state index in [1.165, 1.54) is 11.9 Å². The van der Waals surface area contributed by atoms with Gasteiger partial charge in [0, 0.05) is 6.20 Å². The first-order valence-corrected chi connectivity index (χ1v) is 6.45. The summed E-state index contributed by atoms with van der Waals surface area (Å²) in [7, 11) is 0. The van der Waals surface area contributed by atoms with Gasteiger partial charge in [0.05, 0.1) is 11.8 Å². The average molecular weight is 251 g/mol. The van der Waals surface area contributed by atoms with Gasteiger partial charge in [-0.1, -0.05) is 38.1 Å². The minimum atomic E-state index is -0.323. The van der Waals surface area contributed by atoms with Crippen LogP contribution in [0.1, 0.15) is 36.6 Å². The summed E-state index contributed by atoms with van der Waals surface area (Å²) in [5.41, 5.74) is 3.03. The van der Waals surface area contributed by atoms with E-state index in [0.29, 0.717) is 5.92 Å². The van der Waals surface area contributed by atoms with Gasteiger partial charge in [0.15, 0.2) is 0 Å². The van der Waals surface area contributed by atoms with Crippen molar-refractivity contribution in [2.45, 2.75) is 26.2 Å². The lowest BCUT2D eigenvalue weighted by Crippen LogP contribution is -2.02. The molecule has 0 fully saturated rings. The van der Waals surface area contributed by atoms with Crippen molar-refractivity contribution in [3.63, 3.8) is 0 Å². The Morgan fingerprint density at radius 2 is 1.89 bits per heavy atom. The highest BCUT2D eigenvalue weighted by molar-refractivity contribution is 5.35. The zero-order chi connectivity index (χ0) is 13.7. The van der Waals surface area contributed by atoms with Crippen LogP contribution in [0.15, 0.2) is 42.9 Å². The molecule has 3 heteroatoms. The Balaban J connectivity index is 2.23. The first kappa shape index (κ1) is 13.2. The van der Waals surface area contributed by atoms with Gasteiger partial charge in [-0.05, 0) is 29.5 Å². The van der Waals surface area contributed by atoms with Crippen molar-refractivity contribution >= 4 is 0 Å². The second kappa shape index (κ2) is 6.10. The standard InChI is InChI=1S/C16H17N3/c1-12(2)9-13-3-5-14(6-4-13)15(10-17)16-7-8-18-11-19-16/h3-8,11-12,15H,9H2,1-2H3. The number of benzene rings is 1. The largest absolute Gasteiger partial charge is 0.245 e. The lowest BCUT2D eigenvalue weighted by Gasteiger charge is -2.10. The molecule has 1 aromatic carbocycles. The number of rotatable bonds is 4. The van der Waals surface area contributed by atoms with E-state index in [2.05, 4.69) is 42.0 Å². The highest BCUT2D eigenvalue weighted by Gasteiger charge is 2.14. The molecular formula is C16H17N3. The molecule has 2 rings (SSSR count). The van der Waals surface area contributed by atoms with Crippen molar-refractivity contribution in [2.24, 2.45) is 5.92 Å². The van der Waals surface area contributed by atoms with Gasteiger partial charge in [-0.25, -0.2) is 9.97 Å². The minimum absolute atomic E-state index is 0.323. The van der Waals surface area contributed by atoms with Crippen molar-refractivity contribution in [3.05, 3.63) is 59.7 Å². The Labute approximate surface area is 114 Å². The van der Waals surface area contributed by atoms with E-state index in [0.717, 1.165) is 17.7 Å².